The maximum absolute atomic E-state index is 6.10. The fourth-order valence-corrected chi connectivity index (χ4v) is 5.43. The van der Waals surface area contributed by atoms with Crippen LogP contribution in [0.1, 0.15) is 19.3 Å². The standard InChI is InChI=1S/C20H23BrN6O2S/c21-13-9-14-15(29-8-7-28-14)10-16(13)30-20-26-17-18(22)24-11-25-19(17)27(20)6-3-12-1-4-23-5-2-12/h9-12,23H,1-8H2,(H2,22,24,25). The molecule has 4 heterocycles. The summed E-state index contributed by atoms with van der Waals surface area (Å²) in [5.41, 5.74) is 7.54. The van der Waals surface area contributed by atoms with E-state index < -0.39 is 0 Å². The summed E-state index contributed by atoms with van der Waals surface area (Å²) in [6, 6.07) is 3.95. The molecule has 10 heteroatoms. The van der Waals surface area contributed by atoms with Gasteiger partial charge in [-0.3, -0.25) is 0 Å². The number of nitrogen functional groups attached to an aromatic ring is 1. The van der Waals surface area contributed by atoms with E-state index in [9.17, 15) is 0 Å². The highest BCUT2D eigenvalue weighted by atomic mass is 79.9. The lowest BCUT2D eigenvalue weighted by atomic mass is 9.95. The monoisotopic (exact) mass is 490 g/mol. The molecular weight excluding hydrogens is 468 g/mol. The van der Waals surface area contributed by atoms with Crippen LogP contribution in [-0.2, 0) is 6.54 Å². The SMILES string of the molecule is Nc1ncnc2c1nc(Sc1cc3c(cc1Br)OCCO3)n2CCC1CCNCC1. The Balaban J connectivity index is 1.48. The van der Waals surface area contributed by atoms with Crippen LogP contribution < -0.4 is 20.5 Å². The zero-order chi connectivity index (χ0) is 20.5. The van der Waals surface area contributed by atoms with Crippen molar-refractivity contribution in [1.82, 2.24) is 24.8 Å². The quantitative estimate of drug-likeness (QED) is 0.560. The largest absolute Gasteiger partial charge is 0.486 e. The van der Waals surface area contributed by atoms with Crippen LogP contribution in [0, 0.1) is 5.92 Å². The van der Waals surface area contributed by atoms with E-state index in [2.05, 4.69) is 35.8 Å². The maximum Gasteiger partial charge on any atom is 0.175 e. The van der Waals surface area contributed by atoms with Gasteiger partial charge in [-0.1, -0.05) is 11.8 Å². The molecule has 2 aliphatic heterocycles. The highest BCUT2D eigenvalue weighted by Crippen LogP contribution is 2.42. The van der Waals surface area contributed by atoms with E-state index in [0.29, 0.717) is 30.5 Å². The number of hydrogen-bond donors (Lipinski definition) is 2. The molecule has 0 spiro atoms. The third-order valence-electron chi connectivity index (χ3n) is 5.54. The van der Waals surface area contributed by atoms with Gasteiger partial charge in [0.05, 0.1) is 0 Å². The Morgan fingerprint density at radius 1 is 1.17 bits per heavy atom. The molecule has 0 amide bonds. The van der Waals surface area contributed by atoms with Gasteiger partial charge < -0.3 is 25.1 Å². The molecule has 8 nitrogen and oxygen atoms in total. The average Bonchev–Trinajstić information content (AvgIpc) is 3.12. The molecule has 0 aliphatic carbocycles. The fraction of sp³-hybridized carbons (Fsp3) is 0.450. The lowest BCUT2D eigenvalue weighted by Crippen LogP contribution is -2.28. The Morgan fingerprint density at radius 2 is 1.93 bits per heavy atom. The third-order valence-corrected chi connectivity index (χ3v) is 7.51. The zero-order valence-corrected chi connectivity index (χ0v) is 18.8. The van der Waals surface area contributed by atoms with Gasteiger partial charge in [0.25, 0.3) is 0 Å². The van der Waals surface area contributed by atoms with Gasteiger partial charge in [0, 0.05) is 15.9 Å². The van der Waals surface area contributed by atoms with E-state index in [4.69, 9.17) is 20.2 Å². The number of aryl methyl sites for hydroxylation is 1. The van der Waals surface area contributed by atoms with Crippen molar-refractivity contribution >= 4 is 44.7 Å². The number of nitrogens with zero attached hydrogens (tertiary/aromatic N) is 4. The van der Waals surface area contributed by atoms with E-state index in [1.807, 2.05) is 12.1 Å². The number of ether oxygens (including phenoxy) is 2. The number of nitrogens with one attached hydrogen (secondary N) is 1. The Kier molecular flexibility index (Phi) is 5.70. The number of rotatable bonds is 5. The number of aromatic nitrogens is 4. The molecule has 2 aliphatic rings. The van der Waals surface area contributed by atoms with Gasteiger partial charge in [0.2, 0.25) is 0 Å². The number of piperidine rings is 1. The molecule has 2 aromatic heterocycles. The van der Waals surface area contributed by atoms with Crippen molar-refractivity contribution in [3.63, 3.8) is 0 Å². The van der Waals surface area contributed by atoms with Crippen LogP contribution >= 0.6 is 27.7 Å². The second-order valence-electron chi connectivity index (χ2n) is 7.49. The molecule has 3 aromatic rings. The maximum atomic E-state index is 6.10. The zero-order valence-electron chi connectivity index (χ0n) is 16.4. The first-order valence-corrected chi connectivity index (χ1v) is 11.7. The molecule has 0 bridgehead atoms. The molecule has 1 aromatic carbocycles. The Bertz CT molecular complexity index is 1070. The van der Waals surface area contributed by atoms with Crippen molar-refractivity contribution in [3.05, 3.63) is 22.9 Å². The van der Waals surface area contributed by atoms with Crippen LogP contribution in [-0.4, -0.2) is 45.8 Å². The van der Waals surface area contributed by atoms with Gasteiger partial charge in [-0.2, -0.15) is 0 Å². The summed E-state index contributed by atoms with van der Waals surface area (Å²) in [6.45, 7) is 4.16. The van der Waals surface area contributed by atoms with Crippen LogP contribution in [0.2, 0.25) is 0 Å². The third kappa shape index (κ3) is 3.95. The number of hydrogen-bond acceptors (Lipinski definition) is 8. The van der Waals surface area contributed by atoms with Crippen molar-refractivity contribution in [2.24, 2.45) is 5.92 Å². The minimum absolute atomic E-state index is 0.406. The summed E-state index contributed by atoms with van der Waals surface area (Å²) in [7, 11) is 0. The Labute approximate surface area is 187 Å². The summed E-state index contributed by atoms with van der Waals surface area (Å²) in [4.78, 5) is 14.4. The van der Waals surface area contributed by atoms with Crippen molar-refractivity contribution in [2.75, 3.05) is 32.0 Å². The molecular formula is C20H23BrN6O2S. The highest BCUT2D eigenvalue weighted by Gasteiger charge is 2.21. The summed E-state index contributed by atoms with van der Waals surface area (Å²) in [5, 5.41) is 4.28. The lowest BCUT2D eigenvalue weighted by molar-refractivity contribution is 0.171. The van der Waals surface area contributed by atoms with Gasteiger partial charge in [-0.05, 0) is 66.3 Å². The molecule has 1 saturated heterocycles. The van der Waals surface area contributed by atoms with E-state index in [-0.39, 0.29) is 0 Å². The van der Waals surface area contributed by atoms with Crippen molar-refractivity contribution in [1.29, 1.82) is 0 Å². The summed E-state index contributed by atoms with van der Waals surface area (Å²) in [6.07, 6.45) is 5.02. The summed E-state index contributed by atoms with van der Waals surface area (Å²) in [5.74, 6) is 2.63. The van der Waals surface area contributed by atoms with Crippen LogP contribution in [0.25, 0.3) is 11.2 Å². The van der Waals surface area contributed by atoms with E-state index in [1.54, 1.807) is 11.8 Å². The molecule has 158 valence electrons. The first kappa shape index (κ1) is 19.9. The van der Waals surface area contributed by atoms with Crippen molar-refractivity contribution in [3.8, 4) is 11.5 Å². The van der Waals surface area contributed by atoms with Crippen molar-refractivity contribution < 1.29 is 9.47 Å². The summed E-state index contributed by atoms with van der Waals surface area (Å²) < 4.78 is 14.5. The Hall–Kier alpha value is -2.04. The second-order valence-corrected chi connectivity index (χ2v) is 9.35. The van der Waals surface area contributed by atoms with Gasteiger partial charge in [0.15, 0.2) is 33.6 Å². The molecule has 1 fully saturated rings. The van der Waals surface area contributed by atoms with Crippen molar-refractivity contribution in [2.45, 2.75) is 35.9 Å². The Morgan fingerprint density at radius 3 is 2.73 bits per heavy atom. The summed E-state index contributed by atoms with van der Waals surface area (Å²) >= 11 is 5.23. The van der Waals surface area contributed by atoms with Gasteiger partial charge in [-0.15, -0.1) is 0 Å². The number of anilines is 1. The lowest BCUT2D eigenvalue weighted by Gasteiger charge is -2.23. The molecule has 0 radical (unpaired) electrons. The minimum Gasteiger partial charge on any atom is -0.486 e. The first-order chi connectivity index (χ1) is 14.7. The number of imidazole rings is 1. The molecule has 0 unspecified atom stereocenters. The van der Waals surface area contributed by atoms with Gasteiger partial charge in [-0.25, -0.2) is 15.0 Å². The number of nitrogens with two attached hydrogens (primary N) is 1. The molecule has 0 atom stereocenters. The van der Waals surface area contributed by atoms with Crippen LogP contribution in [0.4, 0.5) is 5.82 Å². The smallest absolute Gasteiger partial charge is 0.175 e. The molecule has 0 saturated carbocycles. The van der Waals surface area contributed by atoms with Gasteiger partial charge in [0.1, 0.15) is 19.5 Å². The molecule has 3 N–H and O–H groups in total. The average molecular weight is 491 g/mol. The van der Waals surface area contributed by atoms with E-state index >= 15 is 0 Å². The first-order valence-electron chi connectivity index (χ1n) is 10.1. The predicted octanol–water partition coefficient (Wildman–Crippen LogP) is 3.48. The number of benzene rings is 1. The minimum atomic E-state index is 0.406. The topological polar surface area (TPSA) is 100 Å². The van der Waals surface area contributed by atoms with E-state index in [1.165, 1.54) is 19.2 Å². The second kappa shape index (κ2) is 8.60. The highest BCUT2D eigenvalue weighted by molar-refractivity contribution is 9.10. The predicted molar refractivity (Wildman–Crippen MR) is 119 cm³/mol. The molecule has 30 heavy (non-hydrogen) atoms. The van der Waals surface area contributed by atoms with Crippen LogP contribution in [0.5, 0.6) is 11.5 Å². The van der Waals surface area contributed by atoms with E-state index in [0.717, 1.165) is 57.7 Å². The normalized spacial score (nSPS) is 16.8. The number of halogens is 1. The molecule has 5 rings (SSSR count). The fourth-order valence-electron chi connectivity index (χ4n) is 3.92. The number of fused-ring (bicyclic) bond motifs is 2. The van der Waals surface area contributed by atoms with Crippen LogP contribution in [0.3, 0.4) is 0 Å². The van der Waals surface area contributed by atoms with Gasteiger partial charge >= 0.3 is 0 Å². The van der Waals surface area contributed by atoms with Crippen LogP contribution in [0.15, 0.2) is 33.0 Å².